The molecule has 3 amide bonds. The first-order chi connectivity index (χ1) is 14.5. The van der Waals surface area contributed by atoms with Gasteiger partial charge in [0.15, 0.2) is 0 Å². The smallest absolute Gasteiger partial charge is 0.252 e. The Morgan fingerprint density at radius 2 is 1.94 bits per heavy atom. The Labute approximate surface area is 181 Å². The van der Waals surface area contributed by atoms with Crippen molar-refractivity contribution in [3.8, 4) is 0 Å². The summed E-state index contributed by atoms with van der Waals surface area (Å²) in [5.41, 5.74) is 5.36. The third-order valence-electron chi connectivity index (χ3n) is 4.66. The molecule has 2 unspecified atom stereocenters. The summed E-state index contributed by atoms with van der Waals surface area (Å²) < 4.78 is 12.7. The van der Waals surface area contributed by atoms with Gasteiger partial charge in [-0.15, -0.1) is 0 Å². The number of benzene rings is 1. The molecule has 0 radical (unpaired) electrons. The molecule has 0 aliphatic carbocycles. The first-order valence-electron chi connectivity index (χ1n) is 9.77. The lowest BCUT2D eigenvalue weighted by Crippen LogP contribution is -2.39. The highest BCUT2D eigenvalue weighted by atomic mass is 19.1. The van der Waals surface area contributed by atoms with Gasteiger partial charge in [-0.25, -0.2) is 4.39 Å². The molecule has 0 saturated carbocycles. The number of aromatic amines is 1. The van der Waals surface area contributed by atoms with Crippen molar-refractivity contribution in [3.05, 3.63) is 52.6 Å². The Morgan fingerprint density at radius 3 is 2.39 bits per heavy atom. The van der Waals surface area contributed by atoms with Gasteiger partial charge in [0, 0.05) is 31.2 Å². The van der Waals surface area contributed by atoms with Gasteiger partial charge in [0.1, 0.15) is 11.9 Å². The number of hydrogen-bond donors (Lipinski definition) is 4. The third kappa shape index (κ3) is 7.86. The molecule has 1 aromatic carbocycles. The van der Waals surface area contributed by atoms with Crippen LogP contribution in [0.25, 0.3) is 0 Å². The largest absolute Gasteiger partial charge is 0.381 e. The number of carbonyl (C=O) groups excluding carboxylic acids is 3. The lowest BCUT2D eigenvalue weighted by Gasteiger charge is -2.14. The van der Waals surface area contributed by atoms with E-state index in [0.717, 1.165) is 11.3 Å². The highest BCUT2D eigenvalue weighted by molar-refractivity contribution is 6.02. The highest BCUT2D eigenvalue weighted by Gasteiger charge is 2.26. The molecular weight excluding hydrogens is 403 g/mol. The van der Waals surface area contributed by atoms with Crippen LogP contribution in [-0.4, -0.2) is 60.0 Å². The molecule has 3 rings (SSSR count). The van der Waals surface area contributed by atoms with Gasteiger partial charge in [0.2, 0.25) is 12.3 Å². The monoisotopic (exact) mass is 434 g/mol. The summed E-state index contributed by atoms with van der Waals surface area (Å²) in [5.74, 6) is -0.997. The maximum Gasteiger partial charge on any atom is 0.252 e. The summed E-state index contributed by atoms with van der Waals surface area (Å²) in [5, 5.41) is 13.9. The van der Waals surface area contributed by atoms with Crippen molar-refractivity contribution in [2.45, 2.75) is 39.7 Å². The van der Waals surface area contributed by atoms with E-state index in [1.807, 2.05) is 0 Å². The lowest BCUT2D eigenvalue weighted by atomic mass is 10.0. The summed E-state index contributed by atoms with van der Waals surface area (Å²) in [6.45, 7) is 7.99. The van der Waals surface area contributed by atoms with Crippen LogP contribution >= 0.6 is 0 Å². The molecule has 2 heterocycles. The van der Waals surface area contributed by atoms with Crippen LogP contribution in [0.2, 0.25) is 0 Å². The predicted octanol–water partition coefficient (Wildman–Crippen LogP) is 2.00. The molecule has 1 aliphatic rings. The number of halogens is 1. The van der Waals surface area contributed by atoms with Gasteiger partial charge in [0.25, 0.3) is 5.91 Å². The maximum atomic E-state index is 12.7. The Bertz CT molecular complexity index is 891. The molecule has 1 aromatic heterocycles. The molecule has 2 atom stereocenters. The molecule has 1 aliphatic heterocycles. The van der Waals surface area contributed by atoms with Crippen LogP contribution in [0.3, 0.4) is 0 Å². The highest BCUT2D eigenvalue weighted by Crippen LogP contribution is 2.32. The SMILES string of the molecule is CC1C(=O)Nc2ccc(F)cc21.CN(C)C(=O)C(O)CNC=O.Cc1cc(C)c(C)[nH]1. The second-order valence-corrected chi connectivity index (χ2v) is 7.48. The Morgan fingerprint density at radius 1 is 1.29 bits per heavy atom. The Kier molecular flexibility index (Phi) is 9.88. The van der Waals surface area contributed by atoms with E-state index in [1.165, 1.54) is 48.1 Å². The van der Waals surface area contributed by atoms with Crippen molar-refractivity contribution in [2.75, 3.05) is 26.0 Å². The zero-order valence-electron chi connectivity index (χ0n) is 18.7. The normalized spacial score (nSPS) is 14.7. The molecular formula is C22H31FN4O4. The van der Waals surface area contributed by atoms with E-state index in [1.54, 1.807) is 13.0 Å². The topological polar surface area (TPSA) is 115 Å². The van der Waals surface area contributed by atoms with Gasteiger partial charge < -0.3 is 25.6 Å². The van der Waals surface area contributed by atoms with Crippen molar-refractivity contribution >= 4 is 23.9 Å². The standard InChI is InChI=1S/C9H8FNO.C7H11N.C6H12N2O3/c1-5-7-4-6(10)2-3-8(7)11-9(5)12;1-5-4-6(2)8-7(5)3;1-8(2)6(11)5(10)3-7-4-9/h2-5H,1H3,(H,11,12);4,8H,1-3H3;4-5,10H,3H2,1-2H3,(H,7,9). The number of aliphatic hydroxyl groups is 1. The number of likely N-dealkylation sites (N-methyl/N-ethyl adjacent to an activating group) is 1. The number of anilines is 1. The fourth-order valence-corrected chi connectivity index (χ4v) is 2.80. The molecule has 0 saturated heterocycles. The fourth-order valence-electron chi connectivity index (χ4n) is 2.80. The van der Waals surface area contributed by atoms with Gasteiger partial charge in [-0.3, -0.25) is 14.4 Å². The molecule has 2 aromatic rings. The number of nitrogens with one attached hydrogen (secondary N) is 3. The fraction of sp³-hybridized carbons (Fsp3) is 0.409. The number of aliphatic hydroxyl groups excluding tert-OH is 1. The van der Waals surface area contributed by atoms with Crippen LogP contribution in [0, 0.1) is 26.6 Å². The zero-order chi connectivity index (χ0) is 23.7. The molecule has 9 heteroatoms. The predicted molar refractivity (Wildman–Crippen MR) is 117 cm³/mol. The van der Waals surface area contributed by atoms with E-state index < -0.39 is 12.0 Å². The van der Waals surface area contributed by atoms with Gasteiger partial charge >= 0.3 is 0 Å². The number of aryl methyl sites for hydroxylation is 3. The second kappa shape index (κ2) is 11.8. The average Bonchev–Trinajstić information content (AvgIpc) is 3.16. The quantitative estimate of drug-likeness (QED) is 0.551. The number of aromatic nitrogens is 1. The van der Waals surface area contributed by atoms with Crippen molar-refractivity contribution < 1.29 is 23.9 Å². The van der Waals surface area contributed by atoms with Crippen LogP contribution in [0.15, 0.2) is 24.3 Å². The van der Waals surface area contributed by atoms with Crippen molar-refractivity contribution in [1.82, 2.24) is 15.2 Å². The first-order valence-corrected chi connectivity index (χ1v) is 9.77. The van der Waals surface area contributed by atoms with Crippen molar-refractivity contribution in [1.29, 1.82) is 0 Å². The number of amides is 3. The van der Waals surface area contributed by atoms with E-state index in [9.17, 15) is 18.8 Å². The summed E-state index contributed by atoms with van der Waals surface area (Å²) in [6.07, 6.45) is -0.707. The van der Waals surface area contributed by atoms with Crippen LogP contribution in [-0.2, 0) is 14.4 Å². The van der Waals surface area contributed by atoms with E-state index >= 15 is 0 Å². The van der Waals surface area contributed by atoms with E-state index in [4.69, 9.17) is 5.11 Å². The minimum absolute atomic E-state index is 0.0412. The van der Waals surface area contributed by atoms with Crippen LogP contribution in [0.5, 0.6) is 0 Å². The van der Waals surface area contributed by atoms with E-state index in [-0.39, 0.29) is 24.2 Å². The summed E-state index contributed by atoms with van der Waals surface area (Å²) in [6, 6.07) is 6.48. The lowest BCUT2D eigenvalue weighted by molar-refractivity contribution is -0.137. The zero-order valence-corrected chi connectivity index (χ0v) is 18.7. The molecule has 0 spiro atoms. The number of rotatable bonds is 4. The molecule has 170 valence electrons. The molecule has 8 nitrogen and oxygen atoms in total. The van der Waals surface area contributed by atoms with Gasteiger partial charge in [-0.1, -0.05) is 0 Å². The minimum atomic E-state index is -1.14. The summed E-state index contributed by atoms with van der Waals surface area (Å²) >= 11 is 0. The third-order valence-corrected chi connectivity index (χ3v) is 4.66. The number of H-pyrrole nitrogens is 1. The Balaban J connectivity index is 0.000000237. The Hall–Kier alpha value is -3.20. The molecule has 31 heavy (non-hydrogen) atoms. The molecule has 0 fully saturated rings. The van der Waals surface area contributed by atoms with Crippen LogP contribution in [0.4, 0.5) is 10.1 Å². The molecule has 0 bridgehead atoms. The van der Waals surface area contributed by atoms with Crippen molar-refractivity contribution in [3.63, 3.8) is 0 Å². The van der Waals surface area contributed by atoms with Gasteiger partial charge in [0.05, 0.1) is 12.5 Å². The summed E-state index contributed by atoms with van der Waals surface area (Å²) in [4.78, 5) is 36.2. The maximum absolute atomic E-state index is 12.7. The average molecular weight is 435 g/mol. The van der Waals surface area contributed by atoms with Crippen LogP contribution in [0.1, 0.15) is 35.4 Å². The van der Waals surface area contributed by atoms with E-state index in [0.29, 0.717) is 6.41 Å². The minimum Gasteiger partial charge on any atom is -0.381 e. The second-order valence-electron chi connectivity index (χ2n) is 7.48. The molecule has 4 N–H and O–H groups in total. The number of hydrogen-bond acceptors (Lipinski definition) is 4. The number of fused-ring (bicyclic) bond motifs is 1. The van der Waals surface area contributed by atoms with Crippen molar-refractivity contribution in [2.24, 2.45) is 0 Å². The number of carbonyl (C=O) groups is 3. The number of nitrogens with zero attached hydrogens (tertiary/aromatic N) is 1. The first kappa shape index (κ1) is 25.8. The van der Waals surface area contributed by atoms with Gasteiger partial charge in [-0.2, -0.15) is 0 Å². The van der Waals surface area contributed by atoms with Crippen LogP contribution < -0.4 is 10.6 Å². The summed E-state index contributed by atoms with van der Waals surface area (Å²) in [7, 11) is 3.07. The van der Waals surface area contributed by atoms with E-state index in [2.05, 4.69) is 42.5 Å². The van der Waals surface area contributed by atoms with Gasteiger partial charge in [-0.05, 0) is 63.1 Å².